The summed E-state index contributed by atoms with van der Waals surface area (Å²) in [5.74, 6) is 0.961. The van der Waals surface area contributed by atoms with E-state index in [1.54, 1.807) is 6.20 Å². The van der Waals surface area contributed by atoms with Crippen molar-refractivity contribution in [1.29, 1.82) is 0 Å². The molecule has 0 amide bonds. The van der Waals surface area contributed by atoms with Gasteiger partial charge in [-0.15, -0.1) is 5.10 Å². The Balaban J connectivity index is 1.80. The van der Waals surface area contributed by atoms with E-state index in [1.807, 2.05) is 43.1 Å². The smallest absolute Gasteiger partial charge is 0.204 e. The molecule has 0 radical (unpaired) electrons. The highest BCUT2D eigenvalue weighted by atomic mass is 15.4. The zero-order chi connectivity index (χ0) is 13.0. The monoisotopic (exact) mass is 249 g/mol. The molecule has 0 aliphatic carbocycles. The zero-order valence-corrected chi connectivity index (χ0v) is 11.0. The van der Waals surface area contributed by atoms with Crippen molar-refractivity contribution >= 4 is 5.95 Å². The van der Waals surface area contributed by atoms with E-state index in [1.165, 1.54) is 0 Å². The second-order valence-corrected chi connectivity index (χ2v) is 4.35. The fourth-order valence-corrected chi connectivity index (χ4v) is 1.78. The van der Waals surface area contributed by atoms with Gasteiger partial charge in [0, 0.05) is 40.4 Å². The highest BCUT2D eigenvalue weighted by molar-refractivity contribution is 5.30. The number of aromatic nitrogens is 5. The summed E-state index contributed by atoms with van der Waals surface area (Å²) >= 11 is 0. The van der Waals surface area contributed by atoms with Gasteiger partial charge in [-0.3, -0.25) is 4.68 Å². The molecule has 0 atom stereocenters. The predicted molar refractivity (Wildman–Crippen MR) is 69.3 cm³/mol. The van der Waals surface area contributed by atoms with Crippen LogP contribution in [0.4, 0.5) is 5.95 Å². The van der Waals surface area contributed by atoms with Crippen molar-refractivity contribution in [2.24, 2.45) is 7.05 Å². The van der Waals surface area contributed by atoms with Gasteiger partial charge in [-0.1, -0.05) is 5.21 Å². The van der Waals surface area contributed by atoms with Crippen LogP contribution in [0.1, 0.15) is 5.69 Å². The van der Waals surface area contributed by atoms with Gasteiger partial charge in [-0.25, -0.2) is 4.98 Å². The molecule has 0 aromatic carbocycles. The molecule has 98 valence electrons. The molecule has 2 heterocycles. The van der Waals surface area contributed by atoms with Gasteiger partial charge in [-0.2, -0.15) is 0 Å². The SMILES string of the molecule is CN(C)c1ncc(CNCCn2ccnn2)n1C. The van der Waals surface area contributed by atoms with Crippen molar-refractivity contribution in [3.8, 4) is 0 Å². The molecular formula is C11H19N7. The van der Waals surface area contributed by atoms with Gasteiger partial charge in [0.25, 0.3) is 0 Å². The Morgan fingerprint density at radius 2 is 2.22 bits per heavy atom. The van der Waals surface area contributed by atoms with E-state index in [9.17, 15) is 0 Å². The Morgan fingerprint density at radius 1 is 1.39 bits per heavy atom. The second kappa shape index (κ2) is 5.63. The molecule has 0 spiro atoms. The molecule has 2 aromatic rings. The molecule has 0 fully saturated rings. The Kier molecular flexibility index (Phi) is 3.93. The van der Waals surface area contributed by atoms with Crippen LogP contribution in [-0.4, -0.2) is 45.2 Å². The Labute approximate surface area is 106 Å². The Hall–Kier alpha value is -1.89. The van der Waals surface area contributed by atoms with Crippen LogP contribution in [0.25, 0.3) is 0 Å². The molecule has 0 saturated heterocycles. The van der Waals surface area contributed by atoms with Crippen LogP contribution in [0.2, 0.25) is 0 Å². The summed E-state index contributed by atoms with van der Waals surface area (Å²) in [6.45, 7) is 2.47. The molecule has 0 unspecified atom stereocenters. The van der Waals surface area contributed by atoms with Crippen LogP contribution in [0, 0.1) is 0 Å². The quantitative estimate of drug-likeness (QED) is 0.722. The first-order valence-electron chi connectivity index (χ1n) is 5.91. The Bertz CT molecular complexity index is 472. The largest absolute Gasteiger partial charge is 0.348 e. The lowest BCUT2D eigenvalue weighted by atomic mass is 10.4. The number of hydrogen-bond acceptors (Lipinski definition) is 5. The summed E-state index contributed by atoms with van der Waals surface area (Å²) in [7, 11) is 6.01. The normalized spacial score (nSPS) is 10.8. The maximum Gasteiger partial charge on any atom is 0.204 e. The molecule has 0 saturated carbocycles. The van der Waals surface area contributed by atoms with E-state index in [2.05, 4.69) is 25.2 Å². The van der Waals surface area contributed by atoms with E-state index >= 15 is 0 Å². The van der Waals surface area contributed by atoms with Crippen LogP contribution in [0.5, 0.6) is 0 Å². The molecule has 0 aliphatic rings. The fraction of sp³-hybridized carbons (Fsp3) is 0.545. The summed E-state index contributed by atoms with van der Waals surface area (Å²) < 4.78 is 3.89. The highest BCUT2D eigenvalue weighted by Gasteiger charge is 2.07. The lowest BCUT2D eigenvalue weighted by molar-refractivity contribution is 0.534. The zero-order valence-electron chi connectivity index (χ0n) is 11.0. The van der Waals surface area contributed by atoms with Crippen molar-refractivity contribution < 1.29 is 0 Å². The number of nitrogens with one attached hydrogen (secondary N) is 1. The third-order valence-corrected chi connectivity index (χ3v) is 2.76. The molecule has 0 bridgehead atoms. The van der Waals surface area contributed by atoms with Gasteiger partial charge in [0.2, 0.25) is 5.95 Å². The molecule has 0 aliphatic heterocycles. The number of rotatable bonds is 6. The minimum Gasteiger partial charge on any atom is -0.348 e. The summed E-state index contributed by atoms with van der Waals surface area (Å²) in [6.07, 6.45) is 5.44. The van der Waals surface area contributed by atoms with E-state index in [4.69, 9.17) is 0 Å². The minimum atomic E-state index is 0.798. The molecule has 2 rings (SSSR count). The van der Waals surface area contributed by atoms with Crippen LogP contribution in [-0.2, 0) is 20.1 Å². The second-order valence-electron chi connectivity index (χ2n) is 4.35. The lowest BCUT2D eigenvalue weighted by Crippen LogP contribution is -2.22. The average Bonchev–Trinajstić information content (AvgIpc) is 2.95. The first-order chi connectivity index (χ1) is 8.68. The topological polar surface area (TPSA) is 63.8 Å². The van der Waals surface area contributed by atoms with Gasteiger partial charge in [0.05, 0.1) is 24.6 Å². The highest BCUT2D eigenvalue weighted by Crippen LogP contribution is 2.10. The summed E-state index contributed by atoms with van der Waals surface area (Å²) in [6, 6.07) is 0. The minimum absolute atomic E-state index is 0.798. The van der Waals surface area contributed by atoms with Gasteiger partial charge >= 0.3 is 0 Å². The van der Waals surface area contributed by atoms with Crippen LogP contribution in [0.15, 0.2) is 18.6 Å². The third kappa shape index (κ3) is 2.86. The number of hydrogen-bond donors (Lipinski definition) is 1. The van der Waals surface area contributed by atoms with Crippen molar-refractivity contribution in [2.45, 2.75) is 13.1 Å². The van der Waals surface area contributed by atoms with Crippen LogP contribution < -0.4 is 10.2 Å². The van der Waals surface area contributed by atoms with Crippen molar-refractivity contribution in [1.82, 2.24) is 29.9 Å². The molecule has 7 nitrogen and oxygen atoms in total. The number of anilines is 1. The van der Waals surface area contributed by atoms with E-state index < -0.39 is 0 Å². The van der Waals surface area contributed by atoms with Crippen LogP contribution >= 0.6 is 0 Å². The fourth-order valence-electron chi connectivity index (χ4n) is 1.78. The Morgan fingerprint density at radius 3 is 2.83 bits per heavy atom. The van der Waals surface area contributed by atoms with Crippen molar-refractivity contribution in [3.05, 3.63) is 24.3 Å². The van der Waals surface area contributed by atoms with Gasteiger partial charge in [0.1, 0.15) is 0 Å². The van der Waals surface area contributed by atoms with Gasteiger partial charge < -0.3 is 14.8 Å². The maximum absolute atomic E-state index is 4.37. The van der Waals surface area contributed by atoms with Gasteiger partial charge in [0.15, 0.2) is 0 Å². The standard InChI is InChI=1S/C11H19N7/c1-16(2)11-13-9-10(17(11)3)8-12-4-6-18-7-5-14-15-18/h5,7,9,12H,4,6,8H2,1-3H3. The molecule has 2 aromatic heterocycles. The molecule has 1 N–H and O–H groups in total. The first-order valence-corrected chi connectivity index (χ1v) is 5.91. The molecule has 18 heavy (non-hydrogen) atoms. The molecular weight excluding hydrogens is 230 g/mol. The molecule has 7 heteroatoms. The lowest BCUT2D eigenvalue weighted by Gasteiger charge is -2.12. The van der Waals surface area contributed by atoms with E-state index in [0.717, 1.165) is 31.3 Å². The summed E-state index contributed by atoms with van der Waals surface area (Å²) in [4.78, 5) is 6.36. The predicted octanol–water partition coefficient (Wildman–Crippen LogP) is -0.133. The summed E-state index contributed by atoms with van der Waals surface area (Å²) in [5, 5.41) is 11.0. The van der Waals surface area contributed by atoms with E-state index in [0.29, 0.717) is 0 Å². The van der Waals surface area contributed by atoms with Crippen LogP contribution in [0.3, 0.4) is 0 Å². The number of imidazole rings is 1. The van der Waals surface area contributed by atoms with E-state index in [-0.39, 0.29) is 0 Å². The maximum atomic E-state index is 4.37. The third-order valence-electron chi connectivity index (χ3n) is 2.76. The average molecular weight is 249 g/mol. The van der Waals surface area contributed by atoms with Gasteiger partial charge in [-0.05, 0) is 0 Å². The first kappa shape index (κ1) is 12.6. The van der Waals surface area contributed by atoms with Crippen molar-refractivity contribution in [3.63, 3.8) is 0 Å². The number of nitrogens with zero attached hydrogens (tertiary/aromatic N) is 6. The summed E-state index contributed by atoms with van der Waals surface area (Å²) in [5.41, 5.74) is 1.16. The van der Waals surface area contributed by atoms with Crippen molar-refractivity contribution in [2.75, 3.05) is 25.5 Å².